The summed E-state index contributed by atoms with van der Waals surface area (Å²) >= 11 is 0. The van der Waals surface area contributed by atoms with Crippen LogP contribution < -0.4 is 15.8 Å². The number of hydrogen-bond acceptors (Lipinski definition) is 7. The lowest BCUT2D eigenvalue weighted by atomic mass is 9.72. The van der Waals surface area contributed by atoms with Gasteiger partial charge in [0.05, 0.1) is 49.3 Å². The fourth-order valence-electron chi connectivity index (χ4n) is 5.42. The van der Waals surface area contributed by atoms with Crippen LogP contribution in [0.3, 0.4) is 0 Å². The minimum Gasteiger partial charge on any atom is -0.493 e. The van der Waals surface area contributed by atoms with Crippen molar-refractivity contribution in [2.75, 3.05) is 18.5 Å². The van der Waals surface area contributed by atoms with E-state index in [4.69, 9.17) is 20.5 Å². The molecule has 1 aromatic carbocycles. The fraction of sp³-hybridized carbons (Fsp3) is 0.357. The lowest BCUT2D eigenvalue weighted by molar-refractivity contribution is -0.0315. The summed E-state index contributed by atoms with van der Waals surface area (Å²) in [6.07, 6.45) is 4.99. The molecule has 2 aliphatic rings. The van der Waals surface area contributed by atoms with Crippen molar-refractivity contribution in [2.24, 2.45) is 11.7 Å². The first-order chi connectivity index (χ1) is 18.5. The molecular weight excluding hydrogens is 492 g/mol. The Morgan fingerprint density at radius 2 is 2.05 bits per heavy atom. The molecule has 0 radical (unpaired) electrons. The van der Waals surface area contributed by atoms with Crippen molar-refractivity contribution >= 4 is 11.6 Å². The molecule has 4 bridgehead atoms. The van der Waals surface area contributed by atoms with E-state index in [1.807, 2.05) is 6.07 Å². The van der Waals surface area contributed by atoms with E-state index in [-0.39, 0.29) is 66.3 Å². The number of nitriles is 1. The summed E-state index contributed by atoms with van der Waals surface area (Å²) in [6, 6.07) is 10.2. The average Bonchev–Trinajstić information content (AvgIpc) is 2.90. The van der Waals surface area contributed by atoms with Crippen LogP contribution in [-0.4, -0.2) is 41.2 Å². The van der Waals surface area contributed by atoms with Crippen molar-refractivity contribution in [3.05, 3.63) is 71.7 Å². The Labute approximate surface area is 218 Å². The highest BCUT2D eigenvalue weighted by Crippen LogP contribution is 2.42. The van der Waals surface area contributed by atoms with Gasteiger partial charge < -0.3 is 20.5 Å². The molecule has 1 amide bonds. The SMILES string of the molecule is N#CCCO[C@H]1[C@H]2CCOc3cccc(F)c3-c3nc(ccc3F)C(=O)Nc3cnccc3[C@H](C2)C[C@H]1N. The summed E-state index contributed by atoms with van der Waals surface area (Å²) in [5.41, 5.74) is 7.43. The third kappa shape index (κ3) is 5.21. The van der Waals surface area contributed by atoms with E-state index in [0.29, 0.717) is 24.9 Å². The van der Waals surface area contributed by atoms with E-state index in [1.165, 1.54) is 18.2 Å². The molecule has 3 N–H and O–H groups in total. The van der Waals surface area contributed by atoms with Crippen LogP contribution in [0.25, 0.3) is 11.3 Å². The summed E-state index contributed by atoms with van der Waals surface area (Å²) in [4.78, 5) is 21.6. The lowest BCUT2D eigenvalue weighted by Crippen LogP contribution is -2.48. The Bertz CT molecular complexity index is 1380. The standard InChI is InChI=1S/C28H27F2N5O3/c29-19-3-1-4-24-25(19)26-20(30)5-6-22(34-26)28(36)35-23-15-33-10-7-18(23)17-13-16(8-12-37-24)27(21(32)14-17)38-11-2-9-31/h1,3-7,10,15-17,21,27H,2,8,11-14,32H2,(H,35,36)/t16-,17+,21+,27-/m0/s1. The number of anilines is 1. The van der Waals surface area contributed by atoms with Crippen LogP contribution in [0.1, 0.15) is 47.7 Å². The number of rotatable bonds is 3. The van der Waals surface area contributed by atoms with Crippen LogP contribution in [-0.2, 0) is 4.74 Å². The number of ether oxygens (including phenoxy) is 2. The van der Waals surface area contributed by atoms with Gasteiger partial charge in [0.1, 0.15) is 28.8 Å². The summed E-state index contributed by atoms with van der Waals surface area (Å²) in [5.74, 6) is -2.01. The molecule has 1 fully saturated rings. The van der Waals surface area contributed by atoms with Crippen LogP contribution in [0.15, 0.2) is 48.8 Å². The van der Waals surface area contributed by atoms with Crippen molar-refractivity contribution < 1.29 is 23.0 Å². The van der Waals surface area contributed by atoms with Gasteiger partial charge in [0.2, 0.25) is 0 Å². The third-order valence-corrected chi connectivity index (χ3v) is 7.13. The molecule has 1 saturated carbocycles. The van der Waals surface area contributed by atoms with Crippen LogP contribution in [0, 0.1) is 28.9 Å². The molecular formula is C28H27F2N5O3. The van der Waals surface area contributed by atoms with E-state index < -0.39 is 17.5 Å². The molecule has 4 atom stereocenters. The predicted molar refractivity (Wildman–Crippen MR) is 135 cm³/mol. The largest absolute Gasteiger partial charge is 0.493 e. The van der Waals surface area contributed by atoms with Gasteiger partial charge in [0.25, 0.3) is 5.91 Å². The van der Waals surface area contributed by atoms with Gasteiger partial charge >= 0.3 is 0 Å². The Balaban J connectivity index is 1.58. The number of carbonyl (C=O) groups excluding carboxylic acids is 1. The summed E-state index contributed by atoms with van der Waals surface area (Å²) in [6.45, 7) is 0.461. The molecule has 38 heavy (non-hydrogen) atoms. The number of amides is 1. The Morgan fingerprint density at radius 1 is 1.18 bits per heavy atom. The molecule has 0 unspecified atom stereocenters. The van der Waals surface area contributed by atoms with Gasteiger partial charge in [0.15, 0.2) is 0 Å². The topological polar surface area (TPSA) is 123 Å². The number of nitrogens with one attached hydrogen (secondary N) is 1. The summed E-state index contributed by atoms with van der Waals surface area (Å²) in [7, 11) is 0. The maximum absolute atomic E-state index is 15.0. The number of nitrogens with two attached hydrogens (primary N) is 1. The molecule has 196 valence electrons. The zero-order chi connectivity index (χ0) is 26.6. The fourth-order valence-corrected chi connectivity index (χ4v) is 5.42. The van der Waals surface area contributed by atoms with Crippen molar-refractivity contribution in [1.82, 2.24) is 9.97 Å². The molecule has 3 aromatic rings. The van der Waals surface area contributed by atoms with E-state index in [9.17, 15) is 9.18 Å². The van der Waals surface area contributed by atoms with E-state index in [1.54, 1.807) is 18.5 Å². The van der Waals surface area contributed by atoms with Crippen molar-refractivity contribution in [1.29, 1.82) is 5.26 Å². The van der Waals surface area contributed by atoms with Gasteiger partial charge in [-0.2, -0.15) is 5.26 Å². The first kappa shape index (κ1) is 25.7. The molecule has 5 rings (SSSR count). The quantitative estimate of drug-likeness (QED) is 0.486. The highest BCUT2D eigenvalue weighted by Gasteiger charge is 2.38. The highest BCUT2D eigenvalue weighted by molar-refractivity contribution is 6.03. The first-order valence-corrected chi connectivity index (χ1v) is 12.5. The monoisotopic (exact) mass is 519 g/mol. The van der Waals surface area contributed by atoms with E-state index in [2.05, 4.69) is 21.4 Å². The lowest BCUT2D eigenvalue weighted by Gasteiger charge is -2.40. The van der Waals surface area contributed by atoms with Gasteiger partial charge in [0, 0.05) is 12.2 Å². The number of nitrogens with zero attached hydrogens (tertiary/aromatic N) is 3. The molecule has 8 nitrogen and oxygen atoms in total. The third-order valence-electron chi connectivity index (χ3n) is 7.13. The molecule has 2 aromatic heterocycles. The summed E-state index contributed by atoms with van der Waals surface area (Å²) in [5, 5.41) is 11.8. The van der Waals surface area contributed by atoms with Crippen LogP contribution in [0.5, 0.6) is 5.75 Å². The maximum atomic E-state index is 15.0. The number of halogens is 2. The van der Waals surface area contributed by atoms with Gasteiger partial charge in [-0.25, -0.2) is 13.8 Å². The van der Waals surface area contributed by atoms with E-state index >= 15 is 4.39 Å². The minimum absolute atomic E-state index is 0.00397. The van der Waals surface area contributed by atoms with Gasteiger partial charge in [-0.3, -0.25) is 9.78 Å². The normalized spacial score (nSPS) is 22.9. The smallest absolute Gasteiger partial charge is 0.274 e. The number of fused-ring (bicyclic) bond motifs is 8. The molecule has 1 aliphatic carbocycles. The second kappa shape index (κ2) is 11.2. The highest BCUT2D eigenvalue weighted by atomic mass is 19.1. The average molecular weight is 520 g/mol. The Kier molecular flexibility index (Phi) is 7.58. The van der Waals surface area contributed by atoms with Crippen molar-refractivity contribution in [2.45, 2.75) is 43.7 Å². The molecule has 3 heterocycles. The number of hydrogen-bond donors (Lipinski definition) is 2. The van der Waals surface area contributed by atoms with Gasteiger partial charge in [-0.1, -0.05) is 6.07 Å². The Hall–Kier alpha value is -3.94. The van der Waals surface area contributed by atoms with Crippen molar-refractivity contribution in [3.8, 4) is 23.1 Å². The van der Waals surface area contributed by atoms with Gasteiger partial charge in [-0.15, -0.1) is 0 Å². The van der Waals surface area contributed by atoms with Gasteiger partial charge in [-0.05, 0) is 67.0 Å². The van der Waals surface area contributed by atoms with Crippen molar-refractivity contribution in [3.63, 3.8) is 0 Å². The number of carbonyl (C=O) groups is 1. The number of benzene rings is 1. The zero-order valence-electron chi connectivity index (χ0n) is 20.6. The van der Waals surface area contributed by atoms with Crippen LogP contribution in [0.2, 0.25) is 0 Å². The molecule has 1 aliphatic heterocycles. The molecule has 0 saturated heterocycles. The van der Waals surface area contributed by atoms with E-state index in [0.717, 1.165) is 11.6 Å². The molecule has 10 heteroatoms. The van der Waals surface area contributed by atoms with Crippen LogP contribution >= 0.6 is 0 Å². The molecule has 0 spiro atoms. The zero-order valence-corrected chi connectivity index (χ0v) is 20.6. The maximum Gasteiger partial charge on any atom is 0.274 e. The first-order valence-electron chi connectivity index (χ1n) is 12.5. The predicted octanol–water partition coefficient (Wildman–Crippen LogP) is 4.58. The second-order valence-electron chi connectivity index (χ2n) is 9.53. The Morgan fingerprint density at radius 3 is 2.89 bits per heavy atom. The van der Waals surface area contributed by atoms with Crippen LogP contribution in [0.4, 0.5) is 14.5 Å². The minimum atomic E-state index is -0.782. The number of pyridine rings is 2. The second-order valence-corrected chi connectivity index (χ2v) is 9.53. The number of aromatic nitrogens is 2. The summed E-state index contributed by atoms with van der Waals surface area (Å²) < 4.78 is 42.0.